The van der Waals surface area contributed by atoms with Crippen molar-refractivity contribution in [3.8, 4) is 11.5 Å². The van der Waals surface area contributed by atoms with Crippen LogP contribution in [0.2, 0.25) is 5.02 Å². The van der Waals surface area contributed by atoms with E-state index in [0.29, 0.717) is 52.6 Å². The van der Waals surface area contributed by atoms with Crippen LogP contribution in [0.3, 0.4) is 0 Å². The highest BCUT2D eigenvalue weighted by Crippen LogP contribution is 2.51. The molecule has 1 N–H and O–H groups in total. The average molecular weight is 412 g/mol. The SMILES string of the molecule is COC(=O)c1cc(Cl)c2c(c1C)OC(C)(C1CCC(N[C@H]3C[C@@H](F)C3)CC1)O2. The zero-order chi connectivity index (χ0) is 20.1. The molecule has 1 heterocycles. The second kappa shape index (κ2) is 7.38. The fourth-order valence-corrected chi connectivity index (χ4v) is 4.87. The maximum absolute atomic E-state index is 13.0. The van der Waals surface area contributed by atoms with Gasteiger partial charge in [-0.05, 0) is 51.5 Å². The minimum Gasteiger partial charge on any atom is -0.465 e. The maximum atomic E-state index is 13.0. The Morgan fingerprint density at radius 3 is 2.46 bits per heavy atom. The van der Waals surface area contributed by atoms with Gasteiger partial charge in [0.15, 0.2) is 11.5 Å². The van der Waals surface area contributed by atoms with E-state index in [2.05, 4.69) is 5.32 Å². The number of carbonyl (C=O) groups is 1. The lowest BCUT2D eigenvalue weighted by Crippen LogP contribution is -2.51. The summed E-state index contributed by atoms with van der Waals surface area (Å²) in [5, 5.41) is 3.93. The van der Waals surface area contributed by atoms with Gasteiger partial charge in [-0.15, -0.1) is 0 Å². The highest BCUT2D eigenvalue weighted by atomic mass is 35.5. The number of carbonyl (C=O) groups excluding carboxylic acids is 1. The van der Waals surface area contributed by atoms with Crippen LogP contribution in [0.4, 0.5) is 4.39 Å². The fourth-order valence-electron chi connectivity index (χ4n) is 4.64. The molecule has 1 atom stereocenters. The third-order valence-electron chi connectivity index (χ3n) is 6.47. The normalized spacial score (nSPS) is 34.0. The lowest BCUT2D eigenvalue weighted by molar-refractivity contribution is -0.121. The summed E-state index contributed by atoms with van der Waals surface area (Å²) in [4.78, 5) is 12.0. The highest BCUT2D eigenvalue weighted by Gasteiger charge is 2.47. The molecule has 0 spiro atoms. The van der Waals surface area contributed by atoms with Crippen molar-refractivity contribution in [3.63, 3.8) is 0 Å². The van der Waals surface area contributed by atoms with Crippen molar-refractivity contribution in [1.29, 1.82) is 0 Å². The number of esters is 1. The van der Waals surface area contributed by atoms with Gasteiger partial charge in [0, 0.05) is 30.5 Å². The summed E-state index contributed by atoms with van der Waals surface area (Å²) in [5.74, 6) is -0.0170. The van der Waals surface area contributed by atoms with Gasteiger partial charge in [-0.25, -0.2) is 9.18 Å². The molecule has 2 aliphatic carbocycles. The first-order chi connectivity index (χ1) is 13.3. The van der Waals surface area contributed by atoms with E-state index in [0.717, 1.165) is 25.7 Å². The summed E-state index contributed by atoms with van der Waals surface area (Å²) in [7, 11) is 1.34. The molecule has 28 heavy (non-hydrogen) atoms. The lowest BCUT2D eigenvalue weighted by atomic mass is 9.80. The number of hydrogen-bond donors (Lipinski definition) is 1. The van der Waals surface area contributed by atoms with E-state index in [4.69, 9.17) is 25.8 Å². The summed E-state index contributed by atoms with van der Waals surface area (Å²) in [6, 6.07) is 2.33. The van der Waals surface area contributed by atoms with E-state index < -0.39 is 17.9 Å². The van der Waals surface area contributed by atoms with Crippen LogP contribution in [-0.4, -0.2) is 37.1 Å². The minimum absolute atomic E-state index is 0.213. The first-order valence-corrected chi connectivity index (χ1v) is 10.4. The molecule has 2 fully saturated rings. The predicted octanol–water partition coefficient (Wildman–Crippen LogP) is 4.57. The number of rotatable bonds is 4. The molecule has 3 aliphatic rings. The van der Waals surface area contributed by atoms with Gasteiger partial charge in [0.2, 0.25) is 0 Å². The van der Waals surface area contributed by atoms with E-state index in [1.807, 2.05) is 13.8 Å². The molecule has 7 heteroatoms. The first kappa shape index (κ1) is 19.8. The lowest BCUT2D eigenvalue weighted by Gasteiger charge is -2.40. The van der Waals surface area contributed by atoms with Crippen LogP contribution in [-0.2, 0) is 4.74 Å². The molecular weight excluding hydrogens is 385 g/mol. The summed E-state index contributed by atoms with van der Waals surface area (Å²) < 4.78 is 30.3. The smallest absolute Gasteiger partial charge is 0.338 e. The molecule has 1 aromatic carbocycles. The van der Waals surface area contributed by atoms with E-state index in [1.54, 1.807) is 6.07 Å². The van der Waals surface area contributed by atoms with Gasteiger partial charge in [0.05, 0.1) is 17.7 Å². The molecule has 154 valence electrons. The number of methoxy groups -OCH3 is 1. The van der Waals surface area contributed by atoms with Crippen LogP contribution in [0.15, 0.2) is 6.07 Å². The summed E-state index contributed by atoms with van der Waals surface area (Å²) in [6.45, 7) is 3.76. The summed E-state index contributed by atoms with van der Waals surface area (Å²) in [6.07, 6.45) is 4.57. The Kier molecular flexibility index (Phi) is 5.21. The Morgan fingerprint density at radius 2 is 1.86 bits per heavy atom. The Labute approximate surface area is 169 Å². The largest absolute Gasteiger partial charge is 0.465 e. The van der Waals surface area contributed by atoms with E-state index in [9.17, 15) is 9.18 Å². The van der Waals surface area contributed by atoms with Crippen molar-refractivity contribution < 1.29 is 23.4 Å². The highest BCUT2D eigenvalue weighted by molar-refractivity contribution is 6.32. The van der Waals surface area contributed by atoms with Crippen molar-refractivity contribution in [2.45, 2.75) is 76.4 Å². The fraction of sp³-hybridized carbons (Fsp3) is 0.667. The number of ether oxygens (including phenoxy) is 3. The number of hydrogen-bond acceptors (Lipinski definition) is 5. The molecule has 2 saturated carbocycles. The Bertz CT molecular complexity index is 774. The number of nitrogens with one attached hydrogen (secondary N) is 1. The Hall–Kier alpha value is -1.53. The third kappa shape index (κ3) is 3.45. The van der Waals surface area contributed by atoms with Gasteiger partial charge in [-0.2, -0.15) is 0 Å². The molecule has 1 aromatic rings. The Morgan fingerprint density at radius 1 is 1.21 bits per heavy atom. The quantitative estimate of drug-likeness (QED) is 0.735. The molecule has 1 unspecified atom stereocenters. The van der Waals surface area contributed by atoms with Crippen molar-refractivity contribution in [3.05, 3.63) is 22.2 Å². The summed E-state index contributed by atoms with van der Waals surface area (Å²) >= 11 is 6.38. The second-order valence-electron chi connectivity index (χ2n) is 8.38. The van der Waals surface area contributed by atoms with Crippen LogP contribution in [0.25, 0.3) is 0 Å². The van der Waals surface area contributed by atoms with Gasteiger partial charge in [-0.1, -0.05) is 11.6 Å². The number of fused-ring (bicyclic) bond motifs is 1. The number of halogens is 2. The Balaban J connectivity index is 1.44. The zero-order valence-corrected chi connectivity index (χ0v) is 17.3. The monoisotopic (exact) mass is 411 g/mol. The van der Waals surface area contributed by atoms with Crippen LogP contribution in [0.5, 0.6) is 11.5 Å². The molecule has 0 saturated heterocycles. The predicted molar refractivity (Wildman–Crippen MR) is 104 cm³/mol. The van der Waals surface area contributed by atoms with Gasteiger partial charge >= 0.3 is 5.97 Å². The van der Waals surface area contributed by atoms with E-state index in [-0.39, 0.29) is 5.92 Å². The zero-order valence-electron chi connectivity index (χ0n) is 16.5. The second-order valence-corrected chi connectivity index (χ2v) is 8.79. The number of alkyl halides is 1. The van der Waals surface area contributed by atoms with Gasteiger partial charge in [0.1, 0.15) is 6.17 Å². The van der Waals surface area contributed by atoms with Crippen LogP contribution >= 0.6 is 11.6 Å². The molecule has 5 nitrogen and oxygen atoms in total. The van der Waals surface area contributed by atoms with Crippen LogP contribution in [0.1, 0.15) is 61.4 Å². The summed E-state index contributed by atoms with van der Waals surface area (Å²) in [5.41, 5.74) is 1.06. The van der Waals surface area contributed by atoms with E-state index >= 15 is 0 Å². The third-order valence-corrected chi connectivity index (χ3v) is 6.76. The van der Waals surface area contributed by atoms with Crippen molar-refractivity contribution in [1.82, 2.24) is 5.32 Å². The topological polar surface area (TPSA) is 56.8 Å². The molecule has 0 radical (unpaired) electrons. The van der Waals surface area contributed by atoms with Crippen LogP contribution < -0.4 is 14.8 Å². The molecule has 1 aliphatic heterocycles. The van der Waals surface area contributed by atoms with E-state index in [1.165, 1.54) is 7.11 Å². The van der Waals surface area contributed by atoms with Gasteiger partial charge in [0.25, 0.3) is 5.79 Å². The van der Waals surface area contributed by atoms with Crippen molar-refractivity contribution in [2.24, 2.45) is 5.92 Å². The minimum atomic E-state index is -0.809. The molecule has 4 rings (SSSR count). The maximum Gasteiger partial charge on any atom is 0.338 e. The molecule has 0 amide bonds. The first-order valence-electron chi connectivity index (χ1n) is 10.00. The molecule has 0 bridgehead atoms. The van der Waals surface area contributed by atoms with Crippen molar-refractivity contribution >= 4 is 17.6 Å². The van der Waals surface area contributed by atoms with Crippen molar-refractivity contribution in [2.75, 3.05) is 7.11 Å². The number of benzene rings is 1. The molecule has 0 aromatic heterocycles. The standard InChI is InChI=1S/C21H27ClFNO4/c1-11-16(20(25)26-3)10-17(22)19-18(11)27-21(2,28-19)12-4-6-14(7-5-12)24-15-8-13(23)9-15/h10,12-15,24H,4-9H2,1-3H3/t12?,13-,14?,15+,21?. The van der Waals surface area contributed by atoms with Gasteiger partial charge < -0.3 is 19.5 Å². The average Bonchev–Trinajstić information content (AvgIpc) is 3.03. The van der Waals surface area contributed by atoms with Crippen LogP contribution in [0, 0.1) is 12.8 Å². The van der Waals surface area contributed by atoms with Gasteiger partial charge in [-0.3, -0.25) is 0 Å². The molecular formula is C21H27ClFNO4.